The summed E-state index contributed by atoms with van der Waals surface area (Å²) in [6.07, 6.45) is 1.33. The molecule has 2 aromatic carbocycles. The van der Waals surface area contributed by atoms with Gasteiger partial charge in [0.25, 0.3) is 5.91 Å². The number of hydrogen-bond acceptors (Lipinski definition) is 4. The second-order valence-corrected chi connectivity index (χ2v) is 7.11. The summed E-state index contributed by atoms with van der Waals surface area (Å²) in [4.78, 5) is 19.1. The van der Waals surface area contributed by atoms with Crippen LogP contribution in [0.5, 0.6) is 0 Å². The minimum absolute atomic E-state index is 0.188. The Labute approximate surface area is 174 Å². The highest BCUT2D eigenvalue weighted by atomic mass is 35.5. The first-order valence-corrected chi connectivity index (χ1v) is 9.76. The number of carbonyl (C=O) groups is 1. The first kappa shape index (κ1) is 20.2. The van der Waals surface area contributed by atoms with Crippen molar-refractivity contribution in [3.63, 3.8) is 0 Å². The van der Waals surface area contributed by atoms with Crippen LogP contribution in [-0.4, -0.2) is 24.0 Å². The van der Waals surface area contributed by atoms with E-state index in [9.17, 15) is 4.79 Å². The van der Waals surface area contributed by atoms with E-state index in [1.165, 1.54) is 6.26 Å². The van der Waals surface area contributed by atoms with Crippen molar-refractivity contribution in [2.24, 2.45) is 0 Å². The number of carbonyl (C=O) groups excluding carboxylic acids is 1. The molecule has 1 heterocycles. The predicted octanol–water partition coefficient (Wildman–Crippen LogP) is 6.06. The van der Waals surface area contributed by atoms with E-state index in [1.807, 2.05) is 19.1 Å². The first-order chi connectivity index (χ1) is 13.4. The molecule has 0 aliphatic heterocycles. The van der Waals surface area contributed by atoms with Crippen molar-refractivity contribution >= 4 is 40.5 Å². The predicted molar refractivity (Wildman–Crippen MR) is 115 cm³/mol. The average molecular weight is 418 g/mol. The maximum absolute atomic E-state index is 12.6. The van der Waals surface area contributed by atoms with Crippen LogP contribution in [-0.2, 0) is 0 Å². The molecule has 0 fully saturated rings. The van der Waals surface area contributed by atoms with E-state index in [0.29, 0.717) is 21.5 Å². The Balaban J connectivity index is 1.77. The van der Waals surface area contributed by atoms with E-state index in [2.05, 4.69) is 35.1 Å². The lowest BCUT2D eigenvalue weighted by molar-refractivity contribution is 0.102. The van der Waals surface area contributed by atoms with Crippen LogP contribution in [0.2, 0.25) is 10.0 Å². The number of halogens is 2. The molecular weight excluding hydrogens is 397 g/mol. The number of oxazole rings is 1. The molecule has 3 rings (SSSR count). The Kier molecular flexibility index (Phi) is 6.27. The van der Waals surface area contributed by atoms with E-state index < -0.39 is 0 Å². The summed E-state index contributed by atoms with van der Waals surface area (Å²) in [7, 11) is 0. The second-order valence-electron chi connectivity index (χ2n) is 6.29. The number of nitrogens with zero attached hydrogens (tertiary/aromatic N) is 2. The third-order valence-corrected chi connectivity index (χ3v) is 5.23. The van der Waals surface area contributed by atoms with Crippen molar-refractivity contribution in [3.05, 3.63) is 64.0 Å². The fourth-order valence-corrected chi connectivity index (χ4v) is 3.20. The van der Waals surface area contributed by atoms with Crippen LogP contribution in [0.1, 0.15) is 29.9 Å². The molecule has 0 atom stereocenters. The summed E-state index contributed by atoms with van der Waals surface area (Å²) in [5, 5.41) is 3.73. The number of rotatable bonds is 6. The highest BCUT2D eigenvalue weighted by Crippen LogP contribution is 2.28. The Hall–Kier alpha value is -2.50. The molecule has 28 heavy (non-hydrogen) atoms. The normalized spacial score (nSPS) is 10.8. The van der Waals surface area contributed by atoms with Gasteiger partial charge in [-0.3, -0.25) is 4.79 Å². The Morgan fingerprint density at radius 1 is 1.11 bits per heavy atom. The molecule has 146 valence electrons. The van der Waals surface area contributed by atoms with Crippen molar-refractivity contribution < 1.29 is 9.21 Å². The number of aryl methyl sites for hydroxylation is 1. The maximum Gasteiger partial charge on any atom is 0.277 e. The lowest BCUT2D eigenvalue weighted by Gasteiger charge is -2.22. The van der Waals surface area contributed by atoms with Crippen molar-refractivity contribution in [2.75, 3.05) is 23.3 Å². The van der Waals surface area contributed by atoms with Gasteiger partial charge in [0.2, 0.25) is 5.89 Å². The largest absolute Gasteiger partial charge is 0.444 e. The van der Waals surface area contributed by atoms with Gasteiger partial charge >= 0.3 is 0 Å². The second kappa shape index (κ2) is 8.67. The third kappa shape index (κ3) is 4.32. The molecule has 1 amide bonds. The van der Waals surface area contributed by atoms with Crippen molar-refractivity contribution in [1.29, 1.82) is 0 Å². The third-order valence-electron chi connectivity index (χ3n) is 4.49. The zero-order valence-corrected chi connectivity index (χ0v) is 17.4. The molecule has 3 aromatic rings. The molecule has 0 unspecified atom stereocenters. The van der Waals surface area contributed by atoms with Crippen molar-refractivity contribution in [2.45, 2.75) is 20.8 Å². The van der Waals surface area contributed by atoms with Gasteiger partial charge < -0.3 is 14.6 Å². The van der Waals surface area contributed by atoms with Gasteiger partial charge in [0.05, 0.1) is 10.0 Å². The number of anilines is 2. The summed E-state index contributed by atoms with van der Waals surface area (Å²) < 4.78 is 5.43. The van der Waals surface area contributed by atoms with Crippen molar-refractivity contribution in [1.82, 2.24) is 4.98 Å². The molecule has 0 saturated carbocycles. The summed E-state index contributed by atoms with van der Waals surface area (Å²) in [5.41, 5.74) is 3.68. The number of hydrogen-bond donors (Lipinski definition) is 1. The smallest absolute Gasteiger partial charge is 0.277 e. The number of amides is 1. The van der Waals surface area contributed by atoms with Crippen LogP contribution in [0, 0.1) is 6.92 Å². The summed E-state index contributed by atoms with van der Waals surface area (Å²) in [5.74, 6) is -0.0360. The lowest BCUT2D eigenvalue weighted by atomic mass is 10.1. The standard InChI is InChI=1S/C21H21Cl2N3O2/c1-4-26(5-2)15-7-9-18(13(3)10-15)24-20(27)19-12-28-21(25-19)14-6-8-16(22)17(23)11-14/h6-12H,4-5H2,1-3H3,(H,24,27). The highest BCUT2D eigenvalue weighted by molar-refractivity contribution is 6.42. The van der Waals surface area contributed by atoms with Gasteiger partial charge in [0.1, 0.15) is 6.26 Å². The number of aromatic nitrogens is 1. The molecule has 0 bridgehead atoms. The number of benzene rings is 2. The lowest BCUT2D eigenvalue weighted by Crippen LogP contribution is -2.22. The van der Waals surface area contributed by atoms with E-state index >= 15 is 0 Å². The van der Waals surface area contributed by atoms with Gasteiger partial charge in [-0.15, -0.1) is 0 Å². The maximum atomic E-state index is 12.6. The van der Waals surface area contributed by atoms with Gasteiger partial charge in [0.15, 0.2) is 5.69 Å². The van der Waals surface area contributed by atoms with Crippen LogP contribution in [0.25, 0.3) is 11.5 Å². The van der Waals surface area contributed by atoms with Crippen LogP contribution in [0.3, 0.4) is 0 Å². The first-order valence-electron chi connectivity index (χ1n) is 9.00. The van der Waals surface area contributed by atoms with Gasteiger partial charge in [-0.05, 0) is 62.7 Å². The SMILES string of the molecule is CCN(CC)c1ccc(NC(=O)c2coc(-c3ccc(Cl)c(Cl)c3)n2)c(C)c1. The molecule has 0 aliphatic carbocycles. The van der Waals surface area contributed by atoms with Crippen LogP contribution < -0.4 is 10.2 Å². The average Bonchev–Trinajstić information content (AvgIpc) is 3.17. The molecule has 1 N–H and O–H groups in total. The fraction of sp³-hybridized carbons (Fsp3) is 0.238. The van der Waals surface area contributed by atoms with E-state index in [1.54, 1.807) is 18.2 Å². The summed E-state index contributed by atoms with van der Waals surface area (Å²) >= 11 is 12.0. The molecule has 7 heteroatoms. The Morgan fingerprint density at radius 3 is 2.50 bits per heavy atom. The molecule has 0 radical (unpaired) electrons. The Morgan fingerprint density at radius 2 is 1.86 bits per heavy atom. The Bertz CT molecular complexity index is 997. The van der Waals surface area contributed by atoms with E-state index in [0.717, 1.165) is 30.0 Å². The molecule has 0 aliphatic rings. The van der Waals surface area contributed by atoms with Gasteiger partial charge in [-0.25, -0.2) is 4.98 Å². The topological polar surface area (TPSA) is 58.4 Å². The van der Waals surface area contributed by atoms with Gasteiger partial charge in [0, 0.05) is 30.0 Å². The van der Waals surface area contributed by atoms with Crippen molar-refractivity contribution in [3.8, 4) is 11.5 Å². The molecule has 0 saturated heterocycles. The zero-order valence-electron chi connectivity index (χ0n) is 15.9. The minimum Gasteiger partial charge on any atom is -0.444 e. The van der Waals surface area contributed by atoms with E-state index in [4.69, 9.17) is 27.6 Å². The fourth-order valence-electron chi connectivity index (χ4n) is 2.90. The van der Waals surface area contributed by atoms with Crippen LogP contribution >= 0.6 is 23.2 Å². The summed E-state index contributed by atoms with van der Waals surface area (Å²) in [6.45, 7) is 8.05. The van der Waals surface area contributed by atoms with Gasteiger partial charge in [-0.1, -0.05) is 23.2 Å². The minimum atomic E-state index is -0.339. The van der Waals surface area contributed by atoms with Gasteiger partial charge in [-0.2, -0.15) is 0 Å². The summed E-state index contributed by atoms with van der Waals surface area (Å²) in [6, 6.07) is 11.0. The molecular formula is C21H21Cl2N3O2. The monoisotopic (exact) mass is 417 g/mol. The quantitative estimate of drug-likeness (QED) is 0.529. The van der Waals surface area contributed by atoms with Crippen LogP contribution in [0.15, 0.2) is 47.1 Å². The highest BCUT2D eigenvalue weighted by Gasteiger charge is 2.16. The molecule has 5 nitrogen and oxygen atoms in total. The number of nitrogens with one attached hydrogen (secondary N) is 1. The zero-order chi connectivity index (χ0) is 20.3. The van der Waals surface area contributed by atoms with E-state index in [-0.39, 0.29) is 11.6 Å². The van der Waals surface area contributed by atoms with Crippen LogP contribution in [0.4, 0.5) is 11.4 Å². The molecule has 1 aromatic heterocycles. The molecule has 0 spiro atoms.